The molecule has 0 fully saturated rings. The third-order valence-electron chi connectivity index (χ3n) is 2.70. The van der Waals surface area contributed by atoms with Crippen LogP contribution in [0.15, 0.2) is 43.0 Å². The van der Waals surface area contributed by atoms with Crippen molar-refractivity contribution in [3.8, 4) is 5.69 Å². The summed E-state index contributed by atoms with van der Waals surface area (Å²) in [7, 11) is 1.87. The third kappa shape index (κ3) is 2.07. The van der Waals surface area contributed by atoms with E-state index in [0.717, 1.165) is 23.0 Å². The summed E-state index contributed by atoms with van der Waals surface area (Å²) in [5, 5.41) is 3.12. The normalized spacial score (nSPS) is 10.8. The highest BCUT2D eigenvalue weighted by Gasteiger charge is 2.13. The fourth-order valence-electron chi connectivity index (χ4n) is 1.92. The molecule has 2 aromatic rings. The molecule has 0 unspecified atom stereocenters. The number of aromatic nitrogens is 2. The lowest BCUT2D eigenvalue weighted by Crippen LogP contribution is -2.02. The molecule has 0 saturated carbocycles. The Morgan fingerprint density at radius 2 is 2.00 bits per heavy atom. The van der Waals surface area contributed by atoms with Crippen molar-refractivity contribution in [2.45, 2.75) is 6.92 Å². The van der Waals surface area contributed by atoms with Crippen LogP contribution in [0.1, 0.15) is 18.3 Å². The zero-order chi connectivity index (χ0) is 13.0. The third-order valence-corrected chi connectivity index (χ3v) is 2.70. The van der Waals surface area contributed by atoms with Gasteiger partial charge in [-0.2, -0.15) is 0 Å². The first-order valence-electron chi connectivity index (χ1n) is 5.92. The summed E-state index contributed by atoms with van der Waals surface area (Å²) >= 11 is 0. The van der Waals surface area contributed by atoms with Gasteiger partial charge in [0.25, 0.3) is 0 Å². The highest BCUT2D eigenvalue weighted by atomic mass is 15.2. The number of benzene rings is 1. The molecule has 3 nitrogen and oxygen atoms in total. The molecule has 3 heteroatoms. The van der Waals surface area contributed by atoms with E-state index in [1.54, 1.807) is 6.08 Å². The van der Waals surface area contributed by atoms with Crippen LogP contribution in [0, 0.1) is 0 Å². The largest absolute Gasteiger partial charge is 0.358 e. The van der Waals surface area contributed by atoms with E-state index in [1.165, 1.54) is 0 Å². The van der Waals surface area contributed by atoms with E-state index < -0.39 is 0 Å². The topological polar surface area (TPSA) is 29.9 Å². The maximum Gasteiger partial charge on any atom is 0.208 e. The zero-order valence-corrected chi connectivity index (χ0v) is 10.7. The van der Waals surface area contributed by atoms with Gasteiger partial charge in [0.15, 0.2) is 0 Å². The van der Waals surface area contributed by atoms with Crippen LogP contribution < -0.4 is 5.32 Å². The number of para-hydroxylation sites is 1. The molecule has 1 aromatic heterocycles. The van der Waals surface area contributed by atoms with E-state index in [1.807, 2.05) is 44.3 Å². The number of rotatable bonds is 4. The Hall–Kier alpha value is -2.29. The second kappa shape index (κ2) is 5.36. The summed E-state index contributed by atoms with van der Waals surface area (Å²) in [6.45, 7) is 5.81. The number of nitrogens with zero attached hydrogens (tertiary/aromatic N) is 2. The zero-order valence-electron chi connectivity index (χ0n) is 10.7. The predicted octanol–water partition coefficient (Wildman–Crippen LogP) is 3.59. The summed E-state index contributed by atoms with van der Waals surface area (Å²) in [6, 6.07) is 10.2. The first-order valence-corrected chi connectivity index (χ1v) is 5.92. The van der Waals surface area contributed by atoms with E-state index >= 15 is 0 Å². The van der Waals surface area contributed by atoms with E-state index in [4.69, 9.17) is 0 Å². The van der Waals surface area contributed by atoms with Crippen molar-refractivity contribution < 1.29 is 0 Å². The first-order chi connectivity index (χ1) is 8.81. The molecule has 92 valence electrons. The number of nitrogens with one attached hydrogen (secondary N) is 1. The van der Waals surface area contributed by atoms with Crippen molar-refractivity contribution in [2.75, 3.05) is 12.4 Å². The van der Waals surface area contributed by atoms with Crippen LogP contribution in [-0.4, -0.2) is 16.6 Å². The number of allylic oxidation sites excluding steroid dienone is 1. The number of hydrogen-bond donors (Lipinski definition) is 1. The number of anilines is 1. The van der Waals surface area contributed by atoms with Gasteiger partial charge in [-0.25, -0.2) is 4.98 Å². The van der Waals surface area contributed by atoms with Crippen molar-refractivity contribution in [1.29, 1.82) is 0 Å². The van der Waals surface area contributed by atoms with Gasteiger partial charge >= 0.3 is 0 Å². The van der Waals surface area contributed by atoms with Crippen molar-refractivity contribution in [2.24, 2.45) is 0 Å². The Morgan fingerprint density at radius 3 is 2.56 bits per heavy atom. The average Bonchev–Trinajstić information content (AvgIpc) is 2.78. The Morgan fingerprint density at radius 1 is 1.28 bits per heavy atom. The molecular weight excluding hydrogens is 222 g/mol. The second-order valence-corrected chi connectivity index (χ2v) is 3.83. The predicted molar refractivity (Wildman–Crippen MR) is 77.9 cm³/mol. The fourth-order valence-corrected chi connectivity index (χ4v) is 1.92. The summed E-state index contributed by atoms with van der Waals surface area (Å²) in [6.07, 6.45) is 5.82. The quantitative estimate of drug-likeness (QED) is 0.883. The lowest BCUT2D eigenvalue weighted by Gasteiger charge is -2.09. The minimum absolute atomic E-state index is 0.809. The molecule has 0 radical (unpaired) electrons. The molecule has 0 bridgehead atoms. The summed E-state index contributed by atoms with van der Waals surface area (Å²) in [5.74, 6) is 0.809. The van der Waals surface area contributed by atoms with Gasteiger partial charge < -0.3 is 5.32 Å². The molecule has 1 heterocycles. The molecule has 0 saturated heterocycles. The van der Waals surface area contributed by atoms with Gasteiger partial charge in [-0.3, -0.25) is 4.57 Å². The smallest absolute Gasteiger partial charge is 0.208 e. The van der Waals surface area contributed by atoms with Gasteiger partial charge in [-0.15, -0.1) is 0 Å². The van der Waals surface area contributed by atoms with E-state index in [0.29, 0.717) is 0 Å². The fraction of sp³-hybridized carbons (Fsp3) is 0.133. The monoisotopic (exact) mass is 239 g/mol. The van der Waals surface area contributed by atoms with E-state index in [-0.39, 0.29) is 0 Å². The molecule has 0 amide bonds. The molecular formula is C15H17N3. The van der Waals surface area contributed by atoms with E-state index in [2.05, 4.69) is 33.6 Å². The highest BCUT2D eigenvalue weighted by molar-refractivity contribution is 5.65. The minimum atomic E-state index is 0.809. The molecule has 0 atom stereocenters. The van der Waals surface area contributed by atoms with Gasteiger partial charge in [0, 0.05) is 12.7 Å². The van der Waals surface area contributed by atoms with Crippen molar-refractivity contribution in [1.82, 2.24) is 9.55 Å². The molecule has 0 aliphatic rings. The molecule has 1 aromatic carbocycles. The highest BCUT2D eigenvalue weighted by Crippen LogP contribution is 2.23. The summed E-state index contributed by atoms with van der Waals surface area (Å²) in [4.78, 5) is 4.52. The van der Waals surface area contributed by atoms with E-state index in [9.17, 15) is 0 Å². The van der Waals surface area contributed by atoms with Gasteiger partial charge in [-0.1, -0.05) is 30.9 Å². The van der Waals surface area contributed by atoms with Crippen LogP contribution >= 0.6 is 0 Å². The lowest BCUT2D eigenvalue weighted by atomic mass is 10.2. The average molecular weight is 239 g/mol. The SMILES string of the molecule is C=Cc1nc(NC)n(-c2ccccc2)c1/C=C\C. The van der Waals surface area contributed by atoms with Crippen LogP contribution in [0.2, 0.25) is 0 Å². The number of hydrogen-bond acceptors (Lipinski definition) is 2. The summed E-state index contributed by atoms with van der Waals surface area (Å²) in [5.41, 5.74) is 2.99. The molecule has 0 spiro atoms. The van der Waals surface area contributed by atoms with Crippen LogP contribution in [0.4, 0.5) is 5.95 Å². The Labute approximate surface area is 107 Å². The van der Waals surface area contributed by atoms with Crippen molar-refractivity contribution in [3.63, 3.8) is 0 Å². The lowest BCUT2D eigenvalue weighted by molar-refractivity contribution is 1.04. The molecule has 1 N–H and O–H groups in total. The van der Waals surface area contributed by atoms with Gasteiger partial charge in [0.05, 0.1) is 11.4 Å². The molecule has 18 heavy (non-hydrogen) atoms. The maximum atomic E-state index is 4.52. The van der Waals surface area contributed by atoms with Crippen LogP contribution in [0.3, 0.4) is 0 Å². The first kappa shape index (κ1) is 12.2. The number of imidazole rings is 1. The molecule has 0 aliphatic heterocycles. The van der Waals surface area contributed by atoms with Crippen LogP contribution in [0.5, 0.6) is 0 Å². The van der Waals surface area contributed by atoms with Crippen LogP contribution in [-0.2, 0) is 0 Å². The summed E-state index contributed by atoms with van der Waals surface area (Å²) < 4.78 is 2.08. The minimum Gasteiger partial charge on any atom is -0.358 e. The Balaban J connectivity index is 2.70. The molecule has 0 aliphatic carbocycles. The Bertz CT molecular complexity index is 565. The standard InChI is InChI=1S/C15H17N3/c1-4-9-14-13(5-2)17-15(16-3)18(14)12-10-7-6-8-11-12/h4-11H,2H2,1,3H3,(H,16,17)/b9-4-. The van der Waals surface area contributed by atoms with Gasteiger partial charge in [0.2, 0.25) is 5.95 Å². The Kier molecular flexibility index (Phi) is 3.63. The van der Waals surface area contributed by atoms with Crippen molar-refractivity contribution in [3.05, 3.63) is 54.4 Å². The van der Waals surface area contributed by atoms with Gasteiger partial charge in [-0.05, 0) is 31.2 Å². The van der Waals surface area contributed by atoms with Crippen LogP contribution in [0.25, 0.3) is 17.8 Å². The molecule has 2 rings (SSSR count). The van der Waals surface area contributed by atoms with Gasteiger partial charge in [0.1, 0.15) is 0 Å². The second-order valence-electron chi connectivity index (χ2n) is 3.83. The van der Waals surface area contributed by atoms with Crippen molar-refractivity contribution >= 4 is 18.1 Å². The maximum absolute atomic E-state index is 4.52.